The van der Waals surface area contributed by atoms with Crippen LogP contribution in [-0.2, 0) is 4.79 Å². The first kappa shape index (κ1) is 12.9. The van der Waals surface area contributed by atoms with Gasteiger partial charge in [0.2, 0.25) is 5.91 Å². The smallest absolute Gasteiger partial charge is 0.227 e. The Labute approximate surface area is 108 Å². The summed E-state index contributed by atoms with van der Waals surface area (Å²) < 4.78 is 1.92. The Balaban J connectivity index is 1.94. The van der Waals surface area contributed by atoms with Gasteiger partial charge in [-0.25, -0.2) is 0 Å². The van der Waals surface area contributed by atoms with Gasteiger partial charge in [-0.1, -0.05) is 20.8 Å². The number of aromatic nitrogens is 2. The maximum Gasteiger partial charge on any atom is 0.227 e. The van der Waals surface area contributed by atoms with E-state index in [1.54, 1.807) is 0 Å². The number of nitrogen functional groups attached to an aromatic ring is 1. The van der Waals surface area contributed by atoms with Crippen molar-refractivity contribution in [1.82, 2.24) is 14.7 Å². The van der Waals surface area contributed by atoms with Crippen LogP contribution in [0.3, 0.4) is 0 Å². The third-order valence-corrected chi connectivity index (χ3v) is 3.40. The first-order valence-electron chi connectivity index (χ1n) is 6.48. The fraction of sp³-hybridized carbons (Fsp3) is 0.692. The summed E-state index contributed by atoms with van der Waals surface area (Å²) in [7, 11) is 0. The molecule has 1 aromatic rings. The summed E-state index contributed by atoms with van der Waals surface area (Å²) in [5.74, 6) is 0.795. The molecule has 1 amide bonds. The van der Waals surface area contributed by atoms with E-state index in [9.17, 15) is 4.79 Å². The van der Waals surface area contributed by atoms with Gasteiger partial charge < -0.3 is 10.6 Å². The van der Waals surface area contributed by atoms with E-state index < -0.39 is 0 Å². The van der Waals surface area contributed by atoms with Crippen LogP contribution in [0.1, 0.15) is 39.7 Å². The summed E-state index contributed by atoms with van der Waals surface area (Å²) in [4.78, 5) is 14.1. The molecule has 1 aliphatic rings. The molecule has 0 radical (unpaired) electrons. The number of carbonyl (C=O) groups excluding carboxylic acids is 1. The van der Waals surface area contributed by atoms with Crippen molar-refractivity contribution >= 4 is 11.7 Å². The summed E-state index contributed by atoms with van der Waals surface area (Å²) in [6, 6.07) is 2.18. The van der Waals surface area contributed by atoms with Gasteiger partial charge in [0.15, 0.2) is 0 Å². The molecular formula is C13H22N4O. The highest BCUT2D eigenvalue weighted by atomic mass is 16.2. The van der Waals surface area contributed by atoms with Crippen LogP contribution in [-0.4, -0.2) is 33.7 Å². The van der Waals surface area contributed by atoms with Crippen molar-refractivity contribution < 1.29 is 4.79 Å². The summed E-state index contributed by atoms with van der Waals surface area (Å²) >= 11 is 0. The molecule has 18 heavy (non-hydrogen) atoms. The van der Waals surface area contributed by atoms with Gasteiger partial charge in [0.1, 0.15) is 5.82 Å². The highest BCUT2D eigenvalue weighted by molar-refractivity contribution is 5.81. The van der Waals surface area contributed by atoms with Gasteiger partial charge in [-0.15, -0.1) is 0 Å². The Morgan fingerprint density at radius 2 is 2.00 bits per heavy atom. The van der Waals surface area contributed by atoms with E-state index in [-0.39, 0.29) is 11.3 Å². The predicted molar refractivity (Wildman–Crippen MR) is 70.9 cm³/mol. The van der Waals surface area contributed by atoms with Crippen molar-refractivity contribution in [2.45, 2.75) is 39.7 Å². The summed E-state index contributed by atoms with van der Waals surface area (Å²) in [6.07, 6.45) is 3.81. The lowest BCUT2D eigenvalue weighted by molar-refractivity contribution is -0.140. The predicted octanol–water partition coefficient (Wildman–Crippen LogP) is 1.67. The van der Waals surface area contributed by atoms with Gasteiger partial charge in [0, 0.05) is 24.7 Å². The number of carbonyl (C=O) groups is 1. The molecule has 2 N–H and O–H groups in total. The Bertz CT molecular complexity index is 424. The van der Waals surface area contributed by atoms with E-state index >= 15 is 0 Å². The molecule has 0 aromatic carbocycles. The molecule has 0 spiro atoms. The highest BCUT2D eigenvalue weighted by Crippen LogP contribution is 2.26. The first-order chi connectivity index (χ1) is 8.38. The van der Waals surface area contributed by atoms with Crippen LogP contribution >= 0.6 is 0 Å². The Morgan fingerprint density at radius 3 is 2.44 bits per heavy atom. The molecular weight excluding hydrogens is 228 g/mol. The SMILES string of the molecule is CC(C)(C)C(=O)N1CCC(n2ccc(N)n2)CC1. The van der Waals surface area contributed by atoms with E-state index in [4.69, 9.17) is 5.73 Å². The van der Waals surface area contributed by atoms with Crippen molar-refractivity contribution in [2.75, 3.05) is 18.8 Å². The molecule has 0 aliphatic carbocycles. The van der Waals surface area contributed by atoms with Crippen LogP contribution in [0.4, 0.5) is 5.82 Å². The standard InChI is InChI=1S/C13H22N4O/c1-13(2,3)12(18)16-7-4-10(5-8-16)17-9-6-11(14)15-17/h6,9-10H,4-5,7-8H2,1-3H3,(H2,14,15). The zero-order valence-electron chi connectivity index (χ0n) is 11.4. The third kappa shape index (κ3) is 2.66. The minimum Gasteiger partial charge on any atom is -0.382 e. The zero-order valence-corrected chi connectivity index (χ0v) is 11.4. The number of nitrogens with zero attached hydrogens (tertiary/aromatic N) is 3. The molecule has 2 rings (SSSR count). The number of nitrogens with two attached hydrogens (primary N) is 1. The van der Waals surface area contributed by atoms with Crippen molar-refractivity contribution in [2.24, 2.45) is 5.41 Å². The molecule has 0 unspecified atom stereocenters. The normalized spacial score (nSPS) is 18.1. The molecule has 2 heterocycles. The average molecular weight is 250 g/mol. The molecule has 0 bridgehead atoms. The molecule has 5 nitrogen and oxygen atoms in total. The molecule has 5 heteroatoms. The lowest BCUT2D eigenvalue weighted by atomic mass is 9.93. The van der Waals surface area contributed by atoms with Crippen LogP contribution in [0.5, 0.6) is 0 Å². The molecule has 1 fully saturated rings. The van der Waals surface area contributed by atoms with Crippen molar-refractivity contribution in [3.63, 3.8) is 0 Å². The molecule has 0 atom stereocenters. The van der Waals surface area contributed by atoms with E-state index in [0.29, 0.717) is 11.9 Å². The fourth-order valence-corrected chi connectivity index (χ4v) is 2.36. The number of piperidine rings is 1. The third-order valence-electron chi connectivity index (χ3n) is 3.40. The summed E-state index contributed by atoms with van der Waals surface area (Å²) in [5, 5.41) is 4.24. The van der Waals surface area contributed by atoms with Gasteiger partial charge >= 0.3 is 0 Å². The van der Waals surface area contributed by atoms with Crippen LogP contribution in [0.2, 0.25) is 0 Å². The number of amides is 1. The number of hydrogen-bond donors (Lipinski definition) is 1. The van der Waals surface area contributed by atoms with Crippen molar-refractivity contribution in [3.05, 3.63) is 12.3 Å². The zero-order chi connectivity index (χ0) is 13.3. The van der Waals surface area contributed by atoms with Gasteiger partial charge in [0.25, 0.3) is 0 Å². The van der Waals surface area contributed by atoms with Crippen LogP contribution < -0.4 is 5.73 Å². The van der Waals surface area contributed by atoms with Crippen LogP contribution in [0.15, 0.2) is 12.3 Å². The van der Waals surface area contributed by atoms with Gasteiger partial charge in [-0.2, -0.15) is 5.10 Å². The fourth-order valence-electron chi connectivity index (χ4n) is 2.36. The van der Waals surface area contributed by atoms with Crippen LogP contribution in [0.25, 0.3) is 0 Å². The monoisotopic (exact) mass is 250 g/mol. The van der Waals surface area contributed by atoms with E-state index in [2.05, 4.69) is 5.10 Å². The van der Waals surface area contributed by atoms with E-state index in [1.165, 1.54) is 0 Å². The Morgan fingerprint density at radius 1 is 1.39 bits per heavy atom. The topological polar surface area (TPSA) is 64.2 Å². The molecule has 1 saturated heterocycles. The minimum atomic E-state index is -0.289. The average Bonchev–Trinajstić information content (AvgIpc) is 2.74. The molecule has 1 aliphatic heterocycles. The summed E-state index contributed by atoms with van der Waals surface area (Å²) in [5.41, 5.74) is 5.33. The van der Waals surface area contributed by atoms with Gasteiger partial charge in [-0.05, 0) is 18.9 Å². The second-order valence-electron chi connectivity index (χ2n) is 5.99. The number of rotatable bonds is 1. The van der Waals surface area contributed by atoms with Crippen LogP contribution in [0, 0.1) is 5.41 Å². The molecule has 1 aromatic heterocycles. The lowest BCUT2D eigenvalue weighted by Gasteiger charge is -2.35. The number of likely N-dealkylation sites (tertiary alicyclic amines) is 1. The lowest BCUT2D eigenvalue weighted by Crippen LogP contribution is -2.44. The number of anilines is 1. The largest absolute Gasteiger partial charge is 0.382 e. The Kier molecular flexibility index (Phi) is 3.32. The molecule has 100 valence electrons. The molecule has 0 saturated carbocycles. The second kappa shape index (κ2) is 4.63. The summed E-state index contributed by atoms with van der Waals surface area (Å²) in [6.45, 7) is 7.52. The number of hydrogen-bond acceptors (Lipinski definition) is 3. The van der Waals surface area contributed by atoms with E-state index in [0.717, 1.165) is 25.9 Å². The first-order valence-corrected chi connectivity index (χ1v) is 6.48. The highest BCUT2D eigenvalue weighted by Gasteiger charge is 2.30. The van der Waals surface area contributed by atoms with Gasteiger partial charge in [-0.3, -0.25) is 9.48 Å². The minimum absolute atomic E-state index is 0.237. The van der Waals surface area contributed by atoms with Crippen molar-refractivity contribution in [1.29, 1.82) is 0 Å². The van der Waals surface area contributed by atoms with E-state index in [1.807, 2.05) is 42.6 Å². The Hall–Kier alpha value is -1.52. The van der Waals surface area contributed by atoms with Crippen molar-refractivity contribution in [3.8, 4) is 0 Å². The van der Waals surface area contributed by atoms with Gasteiger partial charge in [0.05, 0.1) is 6.04 Å². The maximum atomic E-state index is 12.2. The quantitative estimate of drug-likeness (QED) is 0.824. The second-order valence-corrected chi connectivity index (χ2v) is 5.99. The maximum absolute atomic E-state index is 12.2.